The molecule has 274 valence electrons. The average Bonchev–Trinajstić information content (AvgIpc) is 3.05. The largest absolute Gasteiger partial charge is 0.394 e. The van der Waals surface area contributed by atoms with Crippen molar-refractivity contribution in [2.45, 2.75) is 238 Å². The van der Waals surface area contributed by atoms with Gasteiger partial charge >= 0.3 is 0 Å². The zero-order valence-electron chi connectivity index (χ0n) is 31.0. The summed E-state index contributed by atoms with van der Waals surface area (Å²) in [5.41, 5.74) is 0. The van der Waals surface area contributed by atoms with Crippen molar-refractivity contribution in [3.63, 3.8) is 0 Å². The second-order valence-electron chi connectivity index (χ2n) is 14.2. The van der Waals surface area contributed by atoms with E-state index in [-0.39, 0.29) is 18.9 Å². The van der Waals surface area contributed by atoms with Crippen LogP contribution in [0.15, 0.2) is 12.2 Å². The van der Waals surface area contributed by atoms with E-state index in [4.69, 9.17) is 0 Å². The van der Waals surface area contributed by atoms with Crippen LogP contribution in [0.4, 0.5) is 0 Å². The average molecular weight is 652 g/mol. The molecule has 0 aliphatic carbocycles. The van der Waals surface area contributed by atoms with Gasteiger partial charge < -0.3 is 20.6 Å². The number of rotatable bonds is 37. The van der Waals surface area contributed by atoms with Crippen LogP contribution in [0.25, 0.3) is 0 Å². The van der Waals surface area contributed by atoms with E-state index in [1.807, 2.05) is 0 Å². The summed E-state index contributed by atoms with van der Waals surface area (Å²) in [6, 6.07) is -0.662. The minimum Gasteiger partial charge on any atom is -0.394 e. The number of hydrogen-bond donors (Lipinski definition) is 4. The molecule has 3 unspecified atom stereocenters. The van der Waals surface area contributed by atoms with E-state index in [9.17, 15) is 20.1 Å². The van der Waals surface area contributed by atoms with Gasteiger partial charge in [0.05, 0.1) is 31.3 Å². The van der Waals surface area contributed by atoms with Crippen LogP contribution in [0, 0.1) is 0 Å². The number of carbonyl (C=O) groups is 1. The lowest BCUT2D eigenvalue weighted by Gasteiger charge is -2.23. The second-order valence-corrected chi connectivity index (χ2v) is 14.2. The highest BCUT2D eigenvalue weighted by atomic mass is 16.3. The summed E-state index contributed by atoms with van der Waals surface area (Å²) in [6.45, 7) is 4.24. The van der Waals surface area contributed by atoms with Crippen molar-refractivity contribution < 1.29 is 20.1 Å². The molecule has 0 bridgehead atoms. The maximum Gasteiger partial charge on any atom is 0.222 e. The standard InChI is InChI=1S/C41H81NO4/c1-3-5-7-9-11-13-15-16-17-18-19-20-21-22-23-25-27-29-31-33-35-40(45)39(37-43)42-41(46)36-38(44)34-32-30-28-26-24-14-12-10-8-6-4-2/h26,28,38-40,43-45H,3-25,27,29-37H2,1-2H3,(H,42,46)/b28-26-. The number of unbranched alkanes of at least 4 members (excludes halogenated alkanes) is 26. The number of carbonyl (C=O) groups excluding carboxylic acids is 1. The number of hydrogen-bond acceptors (Lipinski definition) is 4. The third kappa shape index (κ3) is 33.0. The topological polar surface area (TPSA) is 89.8 Å². The Labute approximate surface area is 287 Å². The van der Waals surface area contributed by atoms with Gasteiger partial charge in [0.15, 0.2) is 0 Å². The van der Waals surface area contributed by atoms with Gasteiger partial charge in [-0.15, -0.1) is 0 Å². The fourth-order valence-corrected chi connectivity index (χ4v) is 6.40. The summed E-state index contributed by atoms with van der Waals surface area (Å²) < 4.78 is 0. The first kappa shape index (κ1) is 45.1. The first-order chi connectivity index (χ1) is 22.5. The lowest BCUT2D eigenvalue weighted by molar-refractivity contribution is -0.125. The van der Waals surface area contributed by atoms with Crippen molar-refractivity contribution in [3.05, 3.63) is 12.2 Å². The third-order valence-electron chi connectivity index (χ3n) is 9.58. The predicted molar refractivity (Wildman–Crippen MR) is 199 cm³/mol. The Hall–Kier alpha value is -0.910. The van der Waals surface area contributed by atoms with Crippen molar-refractivity contribution >= 4 is 5.91 Å². The summed E-state index contributed by atoms with van der Waals surface area (Å²) >= 11 is 0. The maximum absolute atomic E-state index is 12.4. The molecule has 0 heterocycles. The van der Waals surface area contributed by atoms with Gasteiger partial charge in [-0.1, -0.05) is 187 Å². The van der Waals surface area contributed by atoms with Gasteiger partial charge in [0.1, 0.15) is 0 Å². The Morgan fingerprint density at radius 3 is 1.30 bits per heavy atom. The van der Waals surface area contributed by atoms with Gasteiger partial charge in [0, 0.05) is 0 Å². The van der Waals surface area contributed by atoms with Crippen LogP contribution in [-0.4, -0.2) is 46.1 Å². The smallest absolute Gasteiger partial charge is 0.222 e. The molecule has 0 spiro atoms. The highest BCUT2D eigenvalue weighted by molar-refractivity contribution is 5.76. The van der Waals surface area contributed by atoms with Crippen molar-refractivity contribution in [2.24, 2.45) is 0 Å². The van der Waals surface area contributed by atoms with E-state index in [2.05, 4.69) is 31.3 Å². The Morgan fingerprint density at radius 1 is 0.522 bits per heavy atom. The first-order valence-electron chi connectivity index (χ1n) is 20.5. The third-order valence-corrected chi connectivity index (χ3v) is 9.58. The SMILES string of the molecule is CCCCCCCC/C=C\CCCC(O)CC(=O)NC(CO)C(O)CCCCCCCCCCCCCCCCCCCCCC. The van der Waals surface area contributed by atoms with Crippen LogP contribution in [-0.2, 0) is 4.79 Å². The molecule has 0 aliphatic heterocycles. The van der Waals surface area contributed by atoms with Gasteiger partial charge in [-0.2, -0.15) is 0 Å². The van der Waals surface area contributed by atoms with Gasteiger partial charge in [0.2, 0.25) is 5.91 Å². The summed E-state index contributed by atoms with van der Waals surface area (Å²) in [5, 5.41) is 33.2. The van der Waals surface area contributed by atoms with Crippen molar-refractivity contribution in [1.29, 1.82) is 0 Å². The normalized spacial score (nSPS) is 13.8. The molecule has 0 aliphatic rings. The molecule has 0 saturated carbocycles. The number of nitrogens with one attached hydrogen (secondary N) is 1. The van der Waals surface area contributed by atoms with Crippen molar-refractivity contribution in [1.82, 2.24) is 5.32 Å². The molecular formula is C41H81NO4. The number of allylic oxidation sites excluding steroid dienone is 2. The molecule has 5 heteroatoms. The minimum atomic E-state index is -0.751. The summed E-state index contributed by atoms with van der Waals surface area (Å²) in [7, 11) is 0. The summed E-state index contributed by atoms with van der Waals surface area (Å²) in [6.07, 6.45) is 41.8. The summed E-state index contributed by atoms with van der Waals surface area (Å²) in [4.78, 5) is 12.4. The first-order valence-corrected chi connectivity index (χ1v) is 20.5. The zero-order chi connectivity index (χ0) is 33.8. The van der Waals surface area contributed by atoms with Crippen molar-refractivity contribution in [3.8, 4) is 0 Å². The quantitative estimate of drug-likeness (QED) is 0.0397. The zero-order valence-corrected chi connectivity index (χ0v) is 31.0. The molecule has 0 rings (SSSR count). The van der Waals surface area contributed by atoms with Crippen LogP contribution in [0.5, 0.6) is 0 Å². The predicted octanol–water partition coefficient (Wildman–Crippen LogP) is 11.3. The lowest BCUT2D eigenvalue weighted by atomic mass is 10.0. The van der Waals surface area contributed by atoms with Gasteiger partial charge in [-0.05, 0) is 38.5 Å². The molecular weight excluding hydrogens is 570 g/mol. The molecule has 4 N–H and O–H groups in total. The Morgan fingerprint density at radius 2 is 0.891 bits per heavy atom. The molecule has 5 nitrogen and oxygen atoms in total. The van der Waals surface area contributed by atoms with Crippen LogP contribution in [0.1, 0.15) is 219 Å². The molecule has 1 amide bonds. The highest BCUT2D eigenvalue weighted by Gasteiger charge is 2.21. The van der Waals surface area contributed by atoms with Crippen LogP contribution < -0.4 is 5.32 Å². The molecule has 0 aromatic carbocycles. The number of amides is 1. The van der Waals surface area contributed by atoms with E-state index >= 15 is 0 Å². The lowest BCUT2D eigenvalue weighted by Crippen LogP contribution is -2.46. The van der Waals surface area contributed by atoms with Crippen LogP contribution in [0.3, 0.4) is 0 Å². The Balaban J connectivity index is 3.61. The summed E-state index contributed by atoms with van der Waals surface area (Å²) in [5.74, 6) is -0.298. The molecule has 0 aromatic heterocycles. The fraction of sp³-hybridized carbons (Fsp3) is 0.927. The molecule has 46 heavy (non-hydrogen) atoms. The number of aliphatic hydroxyl groups excluding tert-OH is 3. The van der Waals surface area contributed by atoms with E-state index in [1.54, 1.807) is 0 Å². The van der Waals surface area contributed by atoms with E-state index < -0.39 is 18.2 Å². The number of aliphatic hydroxyl groups is 3. The van der Waals surface area contributed by atoms with E-state index in [0.29, 0.717) is 12.8 Å². The molecule has 0 radical (unpaired) electrons. The molecule has 0 saturated heterocycles. The van der Waals surface area contributed by atoms with E-state index in [0.717, 1.165) is 32.1 Å². The van der Waals surface area contributed by atoms with Gasteiger partial charge in [0.25, 0.3) is 0 Å². The minimum absolute atomic E-state index is 0.0179. The fourth-order valence-electron chi connectivity index (χ4n) is 6.40. The Kier molecular flexibility index (Phi) is 36.2. The van der Waals surface area contributed by atoms with Crippen LogP contribution >= 0.6 is 0 Å². The van der Waals surface area contributed by atoms with Gasteiger partial charge in [-0.25, -0.2) is 0 Å². The van der Waals surface area contributed by atoms with Crippen LogP contribution in [0.2, 0.25) is 0 Å². The Bertz CT molecular complexity index is 640. The molecule has 0 aromatic rings. The van der Waals surface area contributed by atoms with Crippen molar-refractivity contribution in [2.75, 3.05) is 6.61 Å². The van der Waals surface area contributed by atoms with Gasteiger partial charge in [-0.3, -0.25) is 4.79 Å². The van der Waals surface area contributed by atoms with E-state index in [1.165, 1.54) is 154 Å². The monoisotopic (exact) mass is 652 g/mol. The molecule has 3 atom stereocenters. The second kappa shape index (κ2) is 36.9. The maximum atomic E-state index is 12.4. The molecule has 0 fully saturated rings. The highest BCUT2D eigenvalue weighted by Crippen LogP contribution is 2.16.